The molecule has 0 radical (unpaired) electrons. The molecule has 0 unspecified atom stereocenters. The molecule has 0 bridgehead atoms. The molecule has 0 amide bonds. The number of furan rings is 2. The molecule has 2 heterocycles. The normalized spacial score (nSPS) is 11.5. The molecule has 62 heavy (non-hydrogen) atoms. The highest BCUT2D eigenvalue weighted by Gasteiger charge is 2.25. The van der Waals surface area contributed by atoms with E-state index in [4.69, 9.17) is 8.83 Å². The van der Waals surface area contributed by atoms with Crippen molar-refractivity contribution in [1.82, 2.24) is 0 Å². The predicted molar refractivity (Wildman–Crippen MR) is 259 cm³/mol. The maximum Gasteiger partial charge on any atom is 0.137 e. The lowest BCUT2D eigenvalue weighted by molar-refractivity contribution is 0.668. The van der Waals surface area contributed by atoms with Gasteiger partial charge < -0.3 is 18.6 Å². The van der Waals surface area contributed by atoms with Crippen LogP contribution in [0.15, 0.2) is 239 Å². The van der Waals surface area contributed by atoms with E-state index in [0.29, 0.717) is 0 Å². The van der Waals surface area contributed by atoms with Gasteiger partial charge in [-0.3, -0.25) is 0 Å². The van der Waals surface area contributed by atoms with Crippen LogP contribution in [0.1, 0.15) is 0 Å². The van der Waals surface area contributed by atoms with Gasteiger partial charge in [-0.05, 0) is 112 Å². The quantitative estimate of drug-likeness (QED) is 0.153. The Hall–Kier alpha value is -8.34. The fraction of sp³-hybridized carbons (Fsp3) is 0. The van der Waals surface area contributed by atoms with Crippen molar-refractivity contribution in [3.63, 3.8) is 0 Å². The van der Waals surface area contributed by atoms with Crippen LogP contribution in [0, 0.1) is 0 Å². The van der Waals surface area contributed by atoms with Crippen LogP contribution >= 0.6 is 0 Å². The second-order valence-corrected chi connectivity index (χ2v) is 15.7. The standard InChI is InChI=1S/C58H38N2O2/c1-5-19-39(20-6-1)47-37-44(59(42-23-9-3-10-24-42)50-29-17-33-55-57(50)45-27-13-15-31-53(45)61-55)35-41-36-52(49(38-48(41)47)40-21-7-2-8-22-40)60(43-25-11-4-12-26-43)51-30-18-34-56-58(51)46-28-14-16-32-54(46)62-56/h1-38H. The minimum absolute atomic E-state index is 0.847. The van der Waals surface area contributed by atoms with Crippen LogP contribution in [-0.2, 0) is 0 Å². The third-order valence-electron chi connectivity index (χ3n) is 12.0. The predicted octanol–water partition coefficient (Wildman–Crippen LogP) is 16.9. The topological polar surface area (TPSA) is 32.8 Å². The SMILES string of the molecule is c1ccc(-c2cc3c(-c4ccccc4)cc(N(c4ccccc4)c4cccc5oc6ccccc6c45)cc3cc2N(c2ccccc2)c2cccc3oc4ccccc4c23)cc1. The van der Waals surface area contributed by atoms with Crippen LogP contribution in [0.3, 0.4) is 0 Å². The van der Waals surface area contributed by atoms with E-state index in [2.05, 4.69) is 222 Å². The zero-order valence-electron chi connectivity index (χ0n) is 33.7. The molecule has 10 aromatic carbocycles. The summed E-state index contributed by atoms with van der Waals surface area (Å²) in [6, 6.07) is 81.8. The number of rotatable bonds is 8. The maximum atomic E-state index is 6.50. The third-order valence-corrected chi connectivity index (χ3v) is 12.0. The molecule has 2 aromatic heterocycles. The average molecular weight is 795 g/mol. The molecule has 0 saturated heterocycles. The van der Waals surface area contributed by atoms with Crippen LogP contribution in [-0.4, -0.2) is 0 Å². The summed E-state index contributed by atoms with van der Waals surface area (Å²) in [5, 5.41) is 6.56. The van der Waals surface area contributed by atoms with E-state index >= 15 is 0 Å². The minimum atomic E-state index is 0.847. The smallest absolute Gasteiger partial charge is 0.137 e. The first-order valence-electron chi connectivity index (χ1n) is 21.0. The van der Waals surface area contributed by atoms with Crippen LogP contribution in [0.5, 0.6) is 0 Å². The Bertz CT molecular complexity index is 3580. The van der Waals surface area contributed by atoms with Crippen LogP contribution in [0.25, 0.3) is 76.9 Å². The molecule has 0 aliphatic heterocycles. The lowest BCUT2D eigenvalue weighted by Crippen LogP contribution is -2.12. The van der Waals surface area contributed by atoms with Gasteiger partial charge in [0.2, 0.25) is 0 Å². The Labute approximate surface area is 358 Å². The Balaban J connectivity index is 1.20. The van der Waals surface area contributed by atoms with E-state index in [9.17, 15) is 0 Å². The Morgan fingerprint density at radius 3 is 1.29 bits per heavy atom. The van der Waals surface area contributed by atoms with Gasteiger partial charge in [0.05, 0.1) is 27.8 Å². The van der Waals surface area contributed by atoms with Crippen molar-refractivity contribution in [3.8, 4) is 22.3 Å². The van der Waals surface area contributed by atoms with Crippen LogP contribution < -0.4 is 9.80 Å². The lowest BCUT2D eigenvalue weighted by atomic mass is 9.91. The van der Waals surface area contributed by atoms with Crippen molar-refractivity contribution < 1.29 is 8.83 Å². The molecule has 12 aromatic rings. The highest BCUT2D eigenvalue weighted by Crippen LogP contribution is 2.50. The van der Waals surface area contributed by atoms with Crippen molar-refractivity contribution in [1.29, 1.82) is 0 Å². The summed E-state index contributed by atoms with van der Waals surface area (Å²) in [7, 11) is 0. The summed E-state index contributed by atoms with van der Waals surface area (Å²) in [5.74, 6) is 0. The van der Waals surface area contributed by atoms with Gasteiger partial charge in [0.25, 0.3) is 0 Å². The number of hydrogen-bond acceptors (Lipinski definition) is 4. The van der Waals surface area contributed by atoms with Crippen molar-refractivity contribution >= 4 is 88.8 Å². The minimum Gasteiger partial charge on any atom is -0.456 e. The number of fused-ring (bicyclic) bond motifs is 7. The summed E-state index contributed by atoms with van der Waals surface area (Å²) < 4.78 is 13.0. The molecule has 4 nitrogen and oxygen atoms in total. The van der Waals surface area contributed by atoms with Crippen molar-refractivity contribution in [2.45, 2.75) is 0 Å². The van der Waals surface area contributed by atoms with Gasteiger partial charge in [0.1, 0.15) is 22.3 Å². The number of nitrogens with zero attached hydrogens (tertiary/aromatic N) is 2. The molecule has 0 spiro atoms. The average Bonchev–Trinajstić information content (AvgIpc) is 3.92. The Kier molecular flexibility index (Phi) is 8.46. The number of anilines is 6. The van der Waals surface area contributed by atoms with Gasteiger partial charge in [-0.25, -0.2) is 0 Å². The van der Waals surface area contributed by atoms with Gasteiger partial charge in [-0.2, -0.15) is 0 Å². The molecular formula is C58H38N2O2. The van der Waals surface area contributed by atoms with E-state index in [1.807, 2.05) is 18.2 Å². The fourth-order valence-electron chi connectivity index (χ4n) is 9.28. The fourth-order valence-corrected chi connectivity index (χ4v) is 9.28. The number of benzene rings is 10. The summed E-state index contributed by atoms with van der Waals surface area (Å²) in [4.78, 5) is 4.79. The second kappa shape index (κ2) is 14.7. The first-order valence-corrected chi connectivity index (χ1v) is 21.0. The van der Waals surface area contributed by atoms with E-state index in [0.717, 1.165) is 111 Å². The van der Waals surface area contributed by atoms with E-state index in [1.54, 1.807) is 0 Å². The molecule has 0 aliphatic rings. The zero-order valence-corrected chi connectivity index (χ0v) is 33.7. The monoisotopic (exact) mass is 794 g/mol. The molecule has 12 rings (SSSR count). The van der Waals surface area contributed by atoms with Gasteiger partial charge in [-0.1, -0.05) is 146 Å². The van der Waals surface area contributed by atoms with E-state index < -0.39 is 0 Å². The van der Waals surface area contributed by atoms with Crippen LogP contribution in [0.2, 0.25) is 0 Å². The number of hydrogen-bond donors (Lipinski definition) is 0. The molecule has 0 saturated carbocycles. The third kappa shape index (κ3) is 5.92. The van der Waals surface area contributed by atoms with Gasteiger partial charge in [0, 0.05) is 33.4 Å². The van der Waals surface area contributed by atoms with E-state index in [1.165, 1.54) is 0 Å². The second-order valence-electron chi connectivity index (χ2n) is 15.7. The molecule has 0 N–H and O–H groups in total. The lowest BCUT2D eigenvalue weighted by Gasteiger charge is -2.30. The zero-order chi connectivity index (χ0) is 41.0. The molecule has 292 valence electrons. The maximum absolute atomic E-state index is 6.50. The number of para-hydroxylation sites is 4. The molecule has 0 fully saturated rings. The molecule has 0 atom stereocenters. The molecule has 0 aliphatic carbocycles. The summed E-state index contributed by atoms with van der Waals surface area (Å²) in [6.07, 6.45) is 0. The highest BCUT2D eigenvalue weighted by atomic mass is 16.3. The van der Waals surface area contributed by atoms with Crippen LogP contribution in [0.4, 0.5) is 34.1 Å². The van der Waals surface area contributed by atoms with E-state index in [-0.39, 0.29) is 0 Å². The first-order chi connectivity index (χ1) is 30.8. The van der Waals surface area contributed by atoms with Crippen molar-refractivity contribution in [3.05, 3.63) is 231 Å². The molecule has 4 heteroatoms. The van der Waals surface area contributed by atoms with Crippen molar-refractivity contribution in [2.24, 2.45) is 0 Å². The van der Waals surface area contributed by atoms with Gasteiger partial charge in [0.15, 0.2) is 0 Å². The summed E-state index contributed by atoms with van der Waals surface area (Å²) in [6.45, 7) is 0. The largest absolute Gasteiger partial charge is 0.456 e. The molecular weight excluding hydrogens is 757 g/mol. The summed E-state index contributed by atoms with van der Waals surface area (Å²) in [5.41, 5.74) is 14.2. The summed E-state index contributed by atoms with van der Waals surface area (Å²) >= 11 is 0. The first kappa shape index (κ1) is 35.6. The van der Waals surface area contributed by atoms with Gasteiger partial charge in [-0.15, -0.1) is 0 Å². The Morgan fingerprint density at radius 1 is 0.274 bits per heavy atom. The Morgan fingerprint density at radius 2 is 0.726 bits per heavy atom. The van der Waals surface area contributed by atoms with Crippen molar-refractivity contribution in [2.75, 3.05) is 9.80 Å². The highest BCUT2D eigenvalue weighted by molar-refractivity contribution is 6.16. The van der Waals surface area contributed by atoms with Gasteiger partial charge >= 0.3 is 0 Å².